The second kappa shape index (κ2) is 8.76. The Morgan fingerprint density at radius 3 is 2.53 bits per heavy atom. The van der Waals surface area contributed by atoms with Gasteiger partial charge in [0.25, 0.3) is 11.8 Å². The number of anilines is 1. The Labute approximate surface area is 190 Å². The minimum absolute atomic E-state index is 0.0142. The zero-order valence-electron chi connectivity index (χ0n) is 17.6. The molecule has 7 nitrogen and oxygen atoms in total. The highest BCUT2D eigenvalue weighted by Crippen LogP contribution is 2.27. The monoisotopic (exact) mass is 447 g/mol. The number of amides is 2. The number of nitrogens with one attached hydrogen (secondary N) is 1. The quantitative estimate of drug-likeness (QED) is 0.281. The van der Waals surface area contributed by atoms with Gasteiger partial charge in [0.2, 0.25) is 0 Å². The van der Waals surface area contributed by atoms with Crippen molar-refractivity contribution < 1.29 is 19.1 Å². The molecule has 1 saturated heterocycles. The normalized spacial score (nSPS) is 15.4. The average Bonchev–Trinajstić information content (AvgIpc) is 3.14. The molecule has 0 radical (unpaired) electrons. The molecule has 2 amide bonds. The Morgan fingerprint density at radius 1 is 1.12 bits per heavy atom. The van der Waals surface area contributed by atoms with Gasteiger partial charge in [-0.2, -0.15) is 0 Å². The summed E-state index contributed by atoms with van der Waals surface area (Å²) in [5.41, 5.74) is 3.09. The van der Waals surface area contributed by atoms with Crippen LogP contribution >= 0.6 is 12.2 Å². The number of carbonyl (C=O) groups is 3. The summed E-state index contributed by atoms with van der Waals surface area (Å²) >= 11 is 5.27. The number of aryl methyl sites for hydroxylation is 1. The molecule has 0 aliphatic carbocycles. The van der Waals surface area contributed by atoms with E-state index in [1.165, 1.54) is 18.1 Å². The van der Waals surface area contributed by atoms with Crippen molar-refractivity contribution in [1.82, 2.24) is 9.88 Å². The number of nitrogens with zero attached hydrogens (tertiary/aromatic N) is 2. The van der Waals surface area contributed by atoms with Gasteiger partial charge >= 0.3 is 5.97 Å². The van der Waals surface area contributed by atoms with E-state index in [2.05, 4.69) is 5.32 Å². The summed E-state index contributed by atoms with van der Waals surface area (Å²) in [4.78, 5) is 39.1. The molecule has 2 heterocycles. The van der Waals surface area contributed by atoms with Crippen LogP contribution in [-0.2, 0) is 32.1 Å². The number of carbonyl (C=O) groups excluding carboxylic acids is 3. The van der Waals surface area contributed by atoms with E-state index in [1.54, 1.807) is 22.9 Å². The lowest BCUT2D eigenvalue weighted by Crippen LogP contribution is -2.54. The maximum Gasteiger partial charge on any atom is 0.325 e. The van der Waals surface area contributed by atoms with Gasteiger partial charge in [-0.15, -0.1) is 0 Å². The fourth-order valence-corrected chi connectivity index (χ4v) is 3.93. The molecule has 8 heteroatoms. The first kappa shape index (κ1) is 21.5. The topological polar surface area (TPSA) is 80.6 Å². The molecule has 1 aliphatic heterocycles. The fourth-order valence-electron chi connectivity index (χ4n) is 3.65. The highest BCUT2D eigenvalue weighted by atomic mass is 32.1. The minimum atomic E-state index is -0.564. The Morgan fingerprint density at radius 2 is 1.84 bits per heavy atom. The lowest BCUT2D eigenvalue weighted by molar-refractivity contribution is -0.141. The van der Waals surface area contributed by atoms with E-state index < -0.39 is 17.8 Å². The molecule has 0 saturated carbocycles. The first-order valence-corrected chi connectivity index (χ1v) is 10.5. The predicted molar refractivity (Wildman–Crippen MR) is 126 cm³/mol. The summed E-state index contributed by atoms with van der Waals surface area (Å²) in [7, 11) is 1.33. The zero-order chi connectivity index (χ0) is 22.8. The van der Waals surface area contributed by atoms with Crippen LogP contribution in [0.25, 0.3) is 17.0 Å². The number of hydrogen-bond acceptors (Lipinski definition) is 5. The fraction of sp³-hybridized carbons (Fsp3) is 0.167. The van der Waals surface area contributed by atoms with Gasteiger partial charge in [-0.05, 0) is 48.5 Å². The molecule has 1 aliphatic rings. The Balaban J connectivity index is 1.76. The van der Waals surface area contributed by atoms with E-state index in [9.17, 15) is 14.4 Å². The molecule has 0 atom stereocenters. The molecule has 162 valence electrons. The summed E-state index contributed by atoms with van der Waals surface area (Å²) < 4.78 is 6.50. The Hall–Kier alpha value is -3.78. The number of thiocarbonyl (C=S) groups is 1. The molecule has 1 aromatic heterocycles. The highest BCUT2D eigenvalue weighted by Gasteiger charge is 2.34. The van der Waals surface area contributed by atoms with Crippen LogP contribution in [0.3, 0.4) is 0 Å². The van der Waals surface area contributed by atoms with E-state index in [4.69, 9.17) is 17.0 Å². The predicted octanol–water partition coefficient (Wildman–Crippen LogP) is 3.21. The van der Waals surface area contributed by atoms with Crippen molar-refractivity contribution in [3.05, 3.63) is 71.4 Å². The van der Waals surface area contributed by atoms with Gasteiger partial charge in [-0.25, -0.2) is 0 Å². The molecule has 1 N–H and O–H groups in total. The van der Waals surface area contributed by atoms with Crippen molar-refractivity contribution in [2.45, 2.75) is 19.9 Å². The van der Waals surface area contributed by atoms with Gasteiger partial charge in [0.15, 0.2) is 5.11 Å². The number of ether oxygens (including phenoxy) is 1. The second-order valence-corrected chi connectivity index (χ2v) is 7.67. The van der Waals surface area contributed by atoms with Crippen LogP contribution in [-0.4, -0.2) is 34.6 Å². The van der Waals surface area contributed by atoms with Crippen molar-refractivity contribution in [2.24, 2.45) is 0 Å². The van der Waals surface area contributed by atoms with E-state index in [-0.39, 0.29) is 17.2 Å². The molecule has 1 fully saturated rings. The summed E-state index contributed by atoms with van der Waals surface area (Å²) in [6.45, 7) is 2.06. The van der Waals surface area contributed by atoms with Crippen LogP contribution in [0.5, 0.6) is 0 Å². The van der Waals surface area contributed by atoms with E-state index in [0.717, 1.165) is 22.9 Å². The number of rotatable bonds is 5. The van der Waals surface area contributed by atoms with E-state index in [1.807, 2.05) is 43.3 Å². The first-order chi connectivity index (χ1) is 15.4. The van der Waals surface area contributed by atoms with Crippen molar-refractivity contribution in [1.29, 1.82) is 0 Å². The van der Waals surface area contributed by atoms with Crippen molar-refractivity contribution >= 4 is 57.8 Å². The molecule has 3 aromatic rings. The lowest BCUT2D eigenvalue weighted by atomic mass is 10.1. The number of fused-ring (bicyclic) bond motifs is 1. The van der Waals surface area contributed by atoms with Gasteiger partial charge in [0.05, 0.1) is 12.8 Å². The SMILES string of the molecule is CCc1ccc(N2C(=O)/C(=C\c3cn(CC(=O)OC)c4ccccc34)C(=O)NC2=S)cc1. The van der Waals surface area contributed by atoms with Gasteiger partial charge in [0.1, 0.15) is 12.1 Å². The van der Waals surface area contributed by atoms with Crippen LogP contribution in [0.1, 0.15) is 18.1 Å². The molecule has 0 unspecified atom stereocenters. The minimum Gasteiger partial charge on any atom is -0.468 e. The van der Waals surface area contributed by atoms with Crippen LogP contribution in [0.15, 0.2) is 60.3 Å². The molecular weight excluding hydrogens is 426 g/mol. The largest absolute Gasteiger partial charge is 0.468 e. The molecule has 4 rings (SSSR count). The number of aromatic nitrogens is 1. The maximum atomic E-state index is 13.3. The summed E-state index contributed by atoms with van der Waals surface area (Å²) in [6.07, 6.45) is 4.13. The van der Waals surface area contributed by atoms with Crippen molar-refractivity contribution in [3.8, 4) is 0 Å². The second-order valence-electron chi connectivity index (χ2n) is 7.28. The number of hydrogen-bond donors (Lipinski definition) is 1. The van der Waals surface area contributed by atoms with Crippen LogP contribution in [0, 0.1) is 0 Å². The van der Waals surface area contributed by atoms with Gasteiger partial charge < -0.3 is 9.30 Å². The molecule has 0 bridgehead atoms. The molecule has 0 spiro atoms. The smallest absolute Gasteiger partial charge is 0.325 e. The van der Waals surface area contributed by atoms with E-state index in [0.29, 0.717) is 11.3 Å². The Bertz CT molecular complexity index is 1270. The van der Waals surface area contributed by atoms with Crippen LogP contribution in [0.4, 0.5) is 5.69 Å². The third-order valence-electron chi connectivity index (χ3n) is 5.35. The summed E-state index contributed by atoms with van der Waals surface area (Å²) in [5.74, 6) is -1.47. The van der Waals surface area contributed by atoms with Crippen molar-refractivity contribution in [2.75, 3.05) is 12.0 Å². The number of para-hydroxylation sites is 1. The third-order valence-corrected chi connectivity index (χ3v) is 5.64. The summed E-state index contributed by atoms with van der Waals surface area (Å²) in [5, 5.41) is 3.44. The van der Waals surface area contributed by atoms with E-state index >= 15 is 0 Å². The highest BCUT2D eigenvalue weighted by molar-refractivity contribution is 7.80. The zero-order valence-corrected chi connectivity index (χ0v) is 18.4. The Kier molecular flexibility index (Phi) is 5.87. The van der Waals surface area contributed by atoms with Gasteiger partial charge in [-0.3, -0.25) is 24.6 Å². The number of benzene rings is 2. The molecule has 32 heavy (non-hydrogen) atoms. The third kappa shape index (κ3) is 3.92. The van der Waals surface area contributed by atoms with Crippen molar-refractivity contribution in [3.63, 3.8) is 0 Å². The standard InChI is InChI=1S/C24H21N3O4S/c1-3-15-8-10-17(11-9-15)27-23(30)19(22(29)25-24(27)32)12-16-13-26(14-21(28)31-2)20-7-5-4-6-18(16)20/h4-13H,3,14H2,1-2H3,(H,25,29,32)/b19-12-. The molecule has 2 aromatic carbocycles. The lowest BCUT2D eigenvalue weighted by Gasteiger charge is -2.29. The number of esters is 1. The number of methoxy groups -OCH3 is 1. The van der Waals surface area contributed by atoms with Crippen LogP contribution in [0.2, 0.25) is 0 Å². The maximum absolute atomic E-state index is 13.3. The summed E-state index contributed by atoms with van der Waals surface area (Å²) in [6, 6.07) is 14.9. The van der Waals surface area contributed by atoms with Gasteiger partial charge in [-0.1, -0.05) is 37.3 Å². The molecular formula is C24H21N3O4S. The van der Waals surface area contributed by atoms with Gasteiger partial charge in [0, 0.05) is 22.7 Å². The first-order valence-electron chi connectivity index (χ1n) is 10.1. The van der Waals surface area contributed by atoms with Crippen LogP contribution < -0.4 is 10.2 Å². The average molecular weight is 448 g/mol.